The van der Waals surface area contributed by atoms with Gasteiger partial charge in [-0.2, -0.15) is 0 Å². The van der Waals surface area contributed by atoms with Crippen LogP contribution in [0.25, 0.3) is 0 Å². The molecule has 6 nitrogen and oxygen atoms in total. The van der Waals surface area contributed by atoms with Crippen molar-refractivity contribution in [2.24, 2.45) is 0 Å². The average Bonchev–Trinajstić information content (AvgIpc) is 2.38. The van der Waals surface area contributed by atoms with Crippen LogP contribution in [0.3, 0.4) is 0 Å². The van der Waals surface area contributed by atoms with E-state index >= 15 is 0 Å². The number of anilines is 3. The van der Waals surface area contributed by atoms with Crippen molar-refractivity contribution in [3.05, 3.63) is 57.6 Å². The summed E-state index contributed by atoms with van der Waals surface area (Å²) in [6.07, 6.45) is 0. The van der Waals surface area contributed by atoms with Gasteiger partial charge in [-0.05, 0) is 43.2 Å². The molecule has 0 aromatic heterocycles. The van der Waals surface area contributed by atoms with Crippen molar-refractivity contribution in [2.45, 2.75) is 13.8 Å². The lowest BCUT2D eigenvalue weighted by atomic mass is 10.2. The molecule has 0 saturated heterocycles. The van der Waals surface area contributed by atoms with Gasteiger partial charge in [0.1, 0.15) is 5.69 Å². The molecule has 106 valence electrons. The van der Waals surface area contributed by atoms with Crippen molar-refractivity contribution in [2.75, 3.05) is 17.2 Å². The van der Waals surface area contributed by atoms with E-state index < -0.39 is 4.92 Å². The Morgan fingerprint density at radius 3 is 1.75 bits per heavy atom. The van der Waals surface area contributed by atoms with Gasteiger partial charge in [0.05, 0.1) is 16.3 Å². The summed E-state index contributed by atoms with van der Waals surface area (Å²) in [5, 5.41) is 10.3. The molecular formula is C14H18N4O2. The van der Waals surface area contributed by atoms with E-state index in [1.807, 2.05) is 25.1 Å². The van der Waals surface area contributed by atoms with Gasteiger partial charge in [-0.3, -0.25) is 10.1 Å². The fourth-order valence-corrected chi connectivity index (χ4v) is 1.51. The van der Waals surface area contributed by atoms with Gasteiger partial charge in [-0.15, -0.1) is 0 Å². The van der Waals surface area contributed by atoms with Crippen LogP contribution in [-0.4, -0.2) is 4.92 Å². The predicted molar refractivity (Wildman–Crippen MR) is 82.2 cm³/mol. The molecular weight excluding hydrogens is 256 g/mol. The maximum atomic E-state index is 10.3. The molecule has 0 radical (unpaired) electrons. The second-order valence-corrected chi connectivity index (χ2v) is 4.45. The van der Waals surface area contributed by atoms with Gasteiger partial charge in [-0.1, -0.05) is 12.1 Å². The van der Waals surface area contributed by atoms with Crippen molar-refractivity contribution >= 4 is 22.7 Å². The Kier molecular flexibility index (Phi) is 4.91. The lowest BCUT2D eigenvalue weighted by Gasteiger charge is -1.98. The van der Waals surface area contributed by atoms with Crippen LogP contribution in [0.2, 0.25) is 0 Å². The normalized spacial score (nSPS) is 9.50. The third-order valence-corrected chi connectivity index (χ3v) is 2.62. The van der Waals surface area contributed by atoms with Crippen LogP contribution in [0.5, 0.6) is 0 Å². The highest BCUT2D eigenvalue weighted by molar-refractivity contribution is 5.63. The van der Waals surface area contributed by atoms with Gasteiger partial charge in [0.2, 0.25) is 0 Å². The van der Waals surface area contributed by atoms with E-state index in [0.29, 0.717) is 11.4 Å². The van der Waals surface area contributed by atoms with Crippen molar-refractivity contribution in [1.29, 1.82) is 0 Å². The first kappa shape index (κ1) is 15.3. The second kappa shape index (κ2) is 6.42. The summed E-state index contributed by atoms with van der Waals surface area (Å²) >= 11 is 0. The van der Waals surface area contributed by atoms with Crippen LogP contribution in [0.1, 0.15) is 11.1 Å². The Morgan fingerprint density at radius 2 is 1.35 bits per heavy atom. The summed E-state index contributed by atoms with van der Waals surface area (Å²) in [5.41, 5.74) is 19.8. The van der Waals surface area contributed by atoms with E-state index in [2.05, 4.69) is 0 Å². The molecule has 0 bridgehead atoms. The van der Waals surface area contributed by atoms with Gasteiger partial charge in [0, 0.05) is 6.07 Å². The molecule has 0 aliphatic carbocycles. The number of hydrogen-bond acceptors (Lipinski definition) is 5. The monoisotopic (exact) mass is 274 g/mol. The van der Waals surface area contributed by atoms with E-state index in [1.165, 1.54) is 12.1 Å². The van der Waals surface area contributed by atoms with E-state index in [9.17, 15) is 10.1 Å². The highest BCUT2D eigenvalue weighted by Gasteiger charge is 2.09. The Bertz CT molecular complexity index is 627. The number of nitro benzene ring substituents is 1. The minimum atomic E-state index is -0.484. The summed E-state index contributed by atoms with van der Waals surface area (Å²) in [4.78, 5) is 9.82. The van der Waals surface area contributed by atoms with Crippen LogP contribution in [0.4, 0.5) is 22.7 Å². The Labute approximate surface area is 117 Å². The van der Waals surface area contributed by atoms with Crippen molar-refractivity contribution in [3.8, 4) is 0 Å². The number of nitrogens with zero attached hydrogens (tertiary/aromatic N) is 1. The Balaban J connectivity index is 0.000000204. The molecule has 0 spiro atoms. The molecule has 6 N–H and O–H groups in total. The summed E-state index contributed by atoms with van der Waals surface area (Å²) < 4.78 is 0. The SMILES string of the molecule is Cc1ccc(N)c(N)c1.Cc1ccc(N)c([N+](=O)[O-])c1. The highest BCUT2D eigenvalue weighted by Crippen LogP contribution is 2.21. The fraction of sp³-hybridized carbons (Fsp3) is 0.143. The van der Waals surface area contributed by atoms with Gasteiger partial charge < -0.3 is 17.2 Å². The lowest BCUT2D eigenvalue weighted by Crippen LogP contribution is -1.95. The Hall–Kier alpha value is -2.76. The number of nitrogen functional groups attached to an aromatic ring is 3. The molecule has 0 heterocycles. The first-order valence-electron chi connectivity index (χ1n) is 5.93. The summed E-state index contributed by atoms with van der Waals surface area (Å²) in [7, 11) is 0. The zero-order valence-corrected chi connectivity index (χ0v) is 11.5. The van der Waals surface area contributed by atoms with E-state index in [4.69, 9.17) is 17.2 Å². The number of nitrogens with two attached hydrogens (primary N) is 3. The zero-order valence-electron chi connectivity index (χ0n) is 11.5. The maximum Gasteiger partial charge on any atom is 0.292 e. The van der Waals surface area contributed by atoms with E-state index in [0.717, 1.165) is 11.1 Å². The fourth-order valence-electron chi connectivity index (χ4n) is 1.51. The molecule has 0 aliphatic rings. The quantitative estimate of drug-likeness (QED) is 0.419. The first-order valence-corrected chi connectivity index (χ1v) is 5.93. The van der Waals surface area contributed by atoms with E-state index in [1.54, 1.807) is 13.0 Å². The molecule has 0 amide bonds. The number of benzene rings is 2. The van der Waals surface area contributed by atoms with Crippen LogP contribution in [0.15, 0.2) is 36.4 Å². The van der Waals surface area contributed by atoms with Gasteiger partial charge in [-0.25, -0.2) is 0 Å². The first-order chi connectivity index (χ1) is 9.31. The molecule has 0 fully saturated rings. The second-order valence-electron chi connectivity index (χ2n) is 4.45. The number of hydrogen-bond donors (Lipinski definition) is 3. The molecule has 0 saturated carbocycles. The smallest absolute Gasteiger partial charge is 0.292 e. The summed E-state index contributed by atoms with van der Waals surface area (Å²) in [6, 6.07) is 10.3. The number of rotatable bonds is 1. The summed E-state index contributed by atoms with van der Waals surface area (Å²) in [5.74, 6) is 0. The predicted octanol–water partition coefficient (Wildman–Crippen LogP) is 2.64. The third-order valence-electron chi connectivity index (χ3n) is 2.62. The minimum Gasteiger partial charge on any atom is -0.397 e. The topological polar surface area (TPSA) is 121 Å². The van der Waals surface area contributed by atoms with Crippen molar-refractivity contribution in [1.82, 2.24) is 0 Å². The molecule has 0 unspecified atom stereocenters. The maximum absolute atomic E-state index is 10.3. The molecule has 2 aromatic carbocycles. The van der Waals surface area contributed by atoms with Gasteiger partial charge >= 0.3 is 0 Å². The standard InChI is InChI=1S/C7H8N2O2.C7H10N2/c1-5-2-3-6(8)7(4-5)9(10)11;1-5-2-3-6(8)7(9)4-5/h2-4H,8H2,1H3;2-4H,8-9H2,1H3. The van der Waals surface area contributed by atoms with Gasteiger partial charge in [0.25, 0.3) is 5.69 Å². The molecule has 0 atom stereocenters. The highest BCUT2D eigenvalue weighted by atomic mass is 16.6. The Morgan fingerprint density at radius 1 is 0.850 bits per heavy atom. The number of aryl methyl sites for hydroxylation is 2. The molecule has 2 rings (SSSR count). The van der Waals surface area contributed by atoms with Gasteiger partial charge in [0.15, 0.2) is 0 Å². The molecule has 0 aliphatic heterocycles. The van der Waals surface area contributed by atoms with Crippen LogP contribution >= 0.6 is 0 Å². The minimum absolute atomic E-state index is 0.0231. The lowest BCUT2D eigenvalue weighted by molar-refractivity contribution is -0.383. The third kappa shape index (κ3) is 4.16. The van der Waals surface area contributed by atoms with Crippen LogP contribution in [0, 0.1) is 24.0 Å². The zero-order chi connectivity index (χ0) is 15.3. The largest absolute Gasteiger partial charge is 0.397 e. The molecule has 6 heteroatoms. The van der Waals surface area contributed by atoms with E-state index in [-0.39, 0.29) is 11.4 Å². The van der Waals surface area contributed by atoms with Crippen molar-refractivity contribution in [3.63, 3.8) is 0 Å². The molecule has 2 aromatic rings. The van der Waals surface area contributed by atoms with Crippen LogP contribution in [-0.2, 0) is 0 Å². The van der Waals surface area contributed by atoms with Crippen molar-refractivity contribution < 1.29 is 4.92 Å². The molecule has 20 heavy (non-hydrogen) atoms. The van der Waals surface area contributed by atoms with Crippen LogP contribution < -0.4 is 17.2 Å². The summed E-state index contributed by atoms with van der Waals surface area (Å²) in [6.45, 7) is 3.77. The number of nitro groups is 1. The average molecular weight is 274 g/mol.